The molecule has 0 saturated carbocycles. The van der Waals surface area contributed by atoms with Crippen LogP contribution in [0, 0.1) is 6.92 Å². The highest BCUT2D eigenvalue weighted by Gasteiger charge is 2.41. The third-order valence-corrected chi connectivity index (χ3v) is 7.25. The van der Waals surface area contributed by atoms with Gasteiger partial charge in [-0.3, -0.25) is 0 Å². The van der Waals surface area contributed by atoms with Crippen molar-refractivity contribution >= 4 is 35.7 Å². The fourth-order valence-electron chi connectivity index (χ4n) is 2.84. The lowest BCUT2D eigenvalue weighted by molar-refractivity contribution is 0.376. The molecule has 4 rings (SSSR count). The Kier molecular flexibility index (Phi) is 6.56. The van der Waals surface area contributed by atoms with Crippen LogP contribution in [-0.2, 0) is 4.57 Å². The molecule has 0 amide bonds. The molecule has 1 atom stereocenters. The first-order chi connectivity index (χ1) is 15.0. The van der Waals surface area contributed by atoms with Crippen molar-refractivity contribution in [2.45, 2.75) is 12.7 Å². The topological polar surface area (TPSA) is 73.3 Å². The van der Waals surface area contributed by atoms with Crippen molar-refractivity contribution in [3.63, 3.8) is 0 Å². The van der Waals surface area contributed by atoms with E-state index in [1.165, 1.54) is 11.3 Å². The van der Waals surface area contributed by atoms with Crippen molar-refractivity contribution in [1.82, 2.24) is 10.2 Å². The third-order valence-electron chi connectivity index (χ3n) is 4.24. The lowest BCUT2D eigenvalue weighted by Gasteiger charge is -2.28. The molecule has 1 unspecified atom stereocenters. The standard InChI is InChI=1S/C22H19ClN3O3PS/c1-16-25-26-22(31-16)24-21(17-12-14-18(23)15-13-17)30(27,28-19-8-4-2-5-9-19)29-20-10-6-3-7-11-20/h2-15,21H,1H3,(H,24,26). The maximum absolute atomic E-state index is 14.4. The summed E-state index contributed by atoms with van der Waals surface area (Å²) in [5, 5.41) is 13.2. The van der Waals surface area contributed by atoms with E-state index >= 15 is 0 Å². The van der Waals surface area contributed by atoms with Gasteiger partial charge in [0.05, 0.1) is 0 Å². The van der Waals surface area contributed by atoms with Gasteiger partial charge in [0, 0.05) is 5.02 Å². The van der Waals surface area contributed by atoms with Gasteiger partial charge in [-0.1, -0.05) is 71.5 Å². The van der Waals surface area contributed by atoms with Crippen molar-refractivity contribution < 1.29 is 13.6 Å². The number of anilines is 1. The van der Waals surface area contributed by atoms with Gasteiger partial charge in [-0.15, -0.1) is 10.2 Å². The van der Waals surface area contributed by atoms with Gasteiger partial charge in [0.1, 0.15) is 16.5 Å². The molecular formula is C22H19ClN3O3PS. The number of nitrogens with zero attached hydrogens (tertiary/aromatic N) is 2. The quantitative estimate of drug-likeness (QED) is 0.280. The predicted molar refractivity (Wildman–Crippen MR) is 124 cm³/mol. The summed E-state index contributed by atoms with van der Waals surface area (Å²) in [4.78, 5) is 0. The molecular weight excluding hydrogens is 453 g/mol. The summed E-state index contributed by atoms with van der Waals surface area (Å²) in [7, 11) is -3.88. The van der Waals surface area contributed by atoms with Gasteiger partial charge in [-0.05, 0) is 48.9 Å². The fraction of sp³-hybridized carbons (Fsp3) is 0.0909. The van der Waals surface area contributed by atoms with Crippen LogP contribution in [0.3, 0.4) is 0 Å². The van der Waals surface area contributed by atoms with E-state index in [4.69, 9.17) is 20.6 Å². The second kappa shape index (κ2) is 9.52. The van der Waals surface area contributed by atoms with E-state index in [-0.39, 0.29) is 0 Å². The number of halogens is 1. The van der Waals surface area contributed by atoms with Crippen LogP contribution in [0.25, 0.3) is 0 Å². The second-order valence-corrected chi connectivity index (χ2v) is 10.2. The molecule has 1 N–H and O–H groups in total. The van der Waals surface area contributed by atoms with E-state index in [1.54, 1.807) is 72.8 Å². The Hall–Kier alpha value is -2.86. The molecule has 0 aliphatic rings. The van der Waals surface area contributed by atoms with Crippen LogP contribution in [-0.4, -0.2) is 10.2 Å². The molecule has 0 saturated heterocycles. The number of hydrogen-bond acceptors (Lipinski definition) is 7. The zero-order valence-corrected chi connectivity index (χ0v) is 19.0. The van der Waals surface area contributed by atoms with Crippen LogP contribution in [0.1, 0.15) is 16.4 Å². The Bertz CT molecular complexity index is 1130. The molecule has 1 heterocycles. The second-order valence-electron chi connectivity index (χ2n) is 6.57. The van der Waals surface area contributed by atoms with Crippen molar-refractivity contribution in [3.05, 3.63) is 101 Å². The summed E-state index contributed by atoms with van der Waals surface area (Å²) >= 11 is 7.43. The Morgan fingerprint density at radius 3 is 1.90 bits per heavy atom. The van der Waals surface area contributed by atoms with E-state index in [2.05, 4.69) is 15.5 Å². The number of para-hydroxylation sites is 2. The SMILES string of the molecule is Cc1nnc(NC(c2ccc(Cl)cc2)P(=O)(Oc2ccccc2)Oc2ccccc2)s1. The number of nitrogens with one attached hydrogen (secondary N) is 1. The van der Waals surface area contributed by atoms with Crippen LogP contribution >= 0.6 is 30.5 Å². The monoisotopic (exact) mass is 471 g/mol. The van der Waals surface area contributed by atoms with Crippen molar-refractivity contribution in [2.75, 3.05) is 5.32 Å². The van der Waals surface area contributed by atoms with Gasteiger partial charge in [-0.25, -0.2) is 4.57 Å². The van der Waals surface area contributed by atoms with Crippen LogP contribution in [0.5, 0.6) is 11.5 Å². The summed E-state index contributed by atoms with van der Waals surface area (Å²) in [6, 6.07) is 24.9. The van der Waals surface area contributed by atoms with Gasteiger partial charge >= 0.3 is 7.60 Å². The minimum atomic E-state index is -3.88. The van der Waals surface area contributed by atoms with E-state index in [1.807, 2.05) is 19.1 Å². The van der Waals surface area contributed by atoms with E-state index in [0.29, 0.717) is 27.2 Å². The molecule has 9 heteroatoms. The lowest BCUT2D eigenvalue weighted by Crippen LogP contribution is -2.18. The maximum atomic E-state index is 14.4. The highest BCUT2D eigenvalue weighted by atomic mass is 35.5. The van der Waals surface area contributed by atoms with E-state index in [9.17, 15) is 4.57 Å². The van der Waals surface area contributed by atoms with E-state index < -0.39 is 13.4 Å². The van der Waals surface area contributed by atoms with Crippen molar-refractivity contribution in [3.8, 4) is 11.5 Å². The molecule has 158 valence electrons. The first-order valence-electron chi connectivity index (χ1n) is 9.43. The highest BCUT2D eigenvalue weighted by molar-refractivity contribution is 7.55. The molecule has 1 aromatic heterocycles. The van der Waals surface area contributed by atoms with Crippen LogP contribution in [0.4, 0.5) is 5.13 Å². The largest absolute Gasteiger partial charge is 0.457 e. The molecule has 0 fully saturated rings. The Morgan fingerprint density at radius 2 is 1.42 bits per heavy atom. The lowest BCUT2D eigenvalue weighted by atomic mass is 10.2. The van der Waals surface area contributed by atoms with E-state index in [0.717, 1.165) is 5.01 Å². The number of aromatic nitrogens is 2. The number of rotatable bonds is 8. The van der Waals surface area contributed by atoms with Crippen molar-refractivity contribution in [1.29, 1.82) is 0 Å². The van der Waals surface area contributed by atoms with Gasteiger partial charge in [0.25, 0.3) is 0 Å². The summed E-state index contributed by atoms with van der Waals surface area (Å²) in [5.74, 6) is -0.00975. The van der Waals surface area contributed by atoms with Crippen LogP contribution in [0.2, 0.25) is 5.02 Å². The fourth-order valence-corrected chi connectivity index (χ4v) is 5.57. The summed E-state index contributed by atoms with van der Waals surface area (Å²) in [6.07, 6.45) is 0. The Morgan fingerprint density at radius 1 is 0.871 bits per heavy atom. The first kappa shape index (κ1) is 21.4. The minimum Gasteiger partial charge on any atom is -0.414 e. The average Bonchev–Trinajstić information content (AvgIpc) is 3.19. The van der Waals surface area contributed by atoms with Crippen molar-refractivity contribution in [2.24, 2.45) is 0 Å². The third kappa shape index (κ3) is 5.44. The minimum absolute atomic E-state index is 0.427. The molecule has 0 aliphatic heterocycles. The molecule has 0 radical (unpaired) electrons. The molecule has 3 aromatic carbocycles. The normalized spacial score (nSPS) is 12.2. The molecule has 6 nitrogen and oxygen atoms in total. The number of benzene rings is 3. The molecule has 4 aromatic rings. The highest BCUT2D eigenvalue weighted by Crippen LogP contribution is 2.60. The zero-order valence-electron chi connectivity index (χ0n) is 16.5. The maximum Gasteiger partial charge on any atom is 0.457 e. The smallest absolute Gasteiger partial charge is 0.414 e. The summed E-state index contributed by atoms with van der Waals surface area (Å²) < 4.78 is 26.4. The average molecular weight is 472 g/mol. The Labute approximate surface area is 189 Å². The molecule has 0 aliphatic carbocycles. The van der Waals surface area contributed by atoms with Gasteiger partial charge < -0.3 is 14.4 Å². The zero-order chi connectivity index (χ0) is 21.7. The van der Waals surface area contributed by atoms with Gasteiger partial charge in [-0.2, -0.15) is 0 Å². The summed E-state index contributed by atoms with van der Waals surface area (Å²) in [5.41, 5.74) is 0.674. The van der Waals surface area contributed by atoms with Crippen LogP contribution in [0.15, 0.2) is 84.9 Å². The van der Waals surface area contributed by atoms with Gasteiger partial charge in [0.2, 0.25) is 5.13 Å². The van der Waals surface area contributed by atoms with Crippen LogP contribution < -0.4 is 14.4 Å². The summed E-state index contributed by atoms with van der Waals surface area (Å²) in [6.45, 7) is 1.85. The molecule has 0 spiro atoms. The molecule has 0 bridgehead atoms. The number of aryl methyl sites for hydroxylation is 1. The number of hydrogen-bond donors (Lipinski definition) is 1. The molecule has 31 heavy (non-hydrogen) atoms. The first-order valence-corrected chi connectivity index (χ1v) is 12.2. The Balaban J connectivity index is 1.79. The van der Waals surface area contributed by atoms with Gasteiger partial charge in [0.15, 0.2) is 5.78 Å². The predicted octanol–water partition coefficient (Wildman–Crippen LogP) is 6.96.